The Hall–Kier alpha value is -1.88. The minimum Gasteiger partial charge on any atom is -0.383 e. The lowest BCUT2D eigenvalue weighted by molar-refractivity contribution is -0.137. The Morgan fingerprint density at radius 1 is 1.36 bits per heavy atom. The van der Waals surface area contributed by atoms with Crippen molar-refractivity contribution in [3.05, 3.63) is 35.9 Å². The van der Waals surface area contributed by atoms with E-state index in [0.717, 1.165) is 5.56 Å². The second-order valence-corrected chi connectivity index (χ2v) is 5.57. The van der Waals surface area contributed by atoms with Crippen LogP contribution in [0.1, 0.15) is 18.9 Å². The molecular formula is C17H24N2O3. The van der Waals surface area contributed by atoms with Gasteiger partial charge in [0, 0.05) is 39.7 Å². The molecule has 1 heterocycles. The lowest BCUT2D eigenvalue weighted by atomic mass is 10.1. The highest BCUT2D eigenvalue weighted by atomic mass is 16.5. The first-order valence-electron chi connectivity index (χ1n) is 7.75. The summed E-state index contributed by atoms with van der Waals surface area (Å²) in [6.07, 6.45) is 0.324. The SMILES string of the molecule is CCN1C[C@@H](C(=O)N(CCOC)Cc2ccccc2)CC1=O. The van der Waals surface area contributed by atoms with E-state index in [4.69, 9.17) is 4.74 Å². The van der Waals surface area contributed by atoms with Crippen LogP contribution in [0.3, 0.4) is 0 Å². The molecule has 0 radical (unpaired) electrons. The molecular weight excluding hydrogens is 280 g/mol. The largest absolute Gasteiger partial charge is 0.383 e. The van der Waals surface area contributed by atoms with E-state index < -0.39 is 0 Å². The van der Waals surface area contributed by atoms with E-state index in [-0.39, 0.29) is 17.7 Å². The number of benzene rings is 1. The fourth-order valence-corrected chi connectivity index (χ4v) is 2.77. The minimum atomic E-state index is -0.229. The smallest absolute Gasteiger partial charge is 0.228 e. The second kappa shape index (κ2) is 7.94. The standard InChI is InChI=1S/C17H24N2O3/c1-3-18-13-15(11-16(18)20)17(21)19(9-10-22-2)12-14-7-5-4-6-8-14/h4-8,15H,3,9-13H2,1-2H3/t15-/m0/s1. The van der Waals surface area contributed by atoms with Crippen LogP contribution in [0.4, 0.5) is 0 Å². The molecule has 2 amide bonds. The van der Waals surface area contributed by atoms with Gasteiger partial charge in [-0.15, -0.1) is 0 Å². The lowest BCUT2D eigenvalue weighted by Crippen LogP contribution is -2.39. The average molecular weight is 304 g/mol. The molecule has 120 valence electrons. The highest BCUT2D eigenvalue weighted by molar-refractivity contribution is 5.89. The molecule has 1 aromatic rings. The summed E-state index contributed by atoms with van der Waals surface area (Å²) in [5.74, 6) is -0.106. The Bertz CT molecular complexity index is 504. The van der Waals surface area contributed by atoms with Crippen molar-refractivity contribution in [2.75, 3.05) is 33.4 Å². The van der Waals surface area contributed by atoms with Gasteiger partial charge in [0.25, 0.3) is 0 Å². The molecule has 0 bridgehead atoms. The number of rotatable bonds is 7. The Morgan fingerprint density at radius 2 is 2.09 bits per heavy atom. The van der Waals surface area contributed by atoms with Crippen molar-refractivity contribution >= 4 is 11.8 Å². The monoisotopic (exact) mass is 304 g/mol. The van der Waals surface area contributed by atoms with E-state index in [0.29, 0.717) is 39.2 Å². The van der Waals surface area contributed by atoms with E-state index in [9.17, 15) is 9.59 Å². The Kier molecular flexibility index (Phi) is 5.95. The first-order valence-corrected chi connectivity index (χ1v) is 7.75. The van der Waals surface area contributed by atoms with Crippen molar-refractivity contribution in [2.45, 2.75) is 19.9 Å². The van der Waals surface area contributed by atoms with Crippen LogP contribution in [-0.4, -0.2) is 55.0 Å². The van der Waals surface area contributed by atoms with Crippen LogP contribution in [0.2, 0.25) is 0 Å². The summed E-state index contributed by atoms with van der Waals surface area (Å²) in [6, 6.07) is 9.90. The van der Waals surface area contributed by atoms with Gasteiger partial charge in [0.15, 0.2) is 0 Å². The molecule has 22 heavy (non-hydrogen) atoms. The lowest BCUT2D eigenvalue weighted by Gasteiger charge is -2.25. The minimum absolute atomic E-state index is 0.0465. The number of methoxy groups -OCH3 is 1. The van der Waals surface area contributed by atoms with Gasteiger partial charge in [-0.25, -0.2) is 0 Å². The van der Waals surface area contributed by atoms with Crippen molar-refractivity contribution in [2.24, 2.45) is 5.92 Å². The van der Waals surface area contributed by atoms with Gasteiger partial charge in [-0.3, -0.25) is 9.59 Å². The van der Waals surface area contributed by atoms with Crippen molar-refractivity contribution in [1.29, 1.82) is 0 Å². The molecule has 0 N–H and O–H groups in total. The van der Waals surface area contributed by atoms with Gasteiger partial charge in [0.2, 0.25) is 11.8 Å². The molecule has 1 saturated heterocycles. The van der Waals surface area contributed by atoms with Gasteiger partial charge >= 0.3 is 0 Å². The molecule has 2 rings (SSSR count). The summed E-state index contributed by atoms with van der Waals surface area (Å²) >= 11 is 0. The Labute approximate surface area is 131 Å². The third-order valence-electron chi connectivity index (χ3n) is 4.04. The zero-order chi connectivity index (χ0) is 15.9. The van der Waals surface area contributed by atoms with E-state index in [1.54, 1.807) is 16.9 Å². The molecule has 0 saturated carbocycles. The zero-order valence-corrected chi connectivity index (χ0v) is 13.3. The van der Waals surface area contributed by atoms with Crippen molar-refractivity contribution < 1.29 is 14.3 Å². The van der Waals surface area contributed by atoms with E-state index >= 15 is 0 Å². The predicted octanol–water partition coefficient (Wildman–Crippen LogP) is 1.53. The number of hydrogen-bond donors (Lipinski definition) is 0. The summed E-state index contributed by atoms with van der Waals surface area (Å²) in [7, 11) is 1.63. The van der Waals surface area contributed by atoms with Gasteiger partial charge in [0.1, 0.15) is 0 Å². The normalized spacial score (nSPS) is 17.8. The second-order valence-electron chi connectivity index (χ2n) is 5.57. The topological polar surface area (TPSA) is 49.9 Å². The molecule has 0 spiro atoms. The van der Waals surface area contributed by atoms with Crippen LogP contribution in [0.25, 0.3) is 0 Å². The molecule has 0 aromatic heterocycles. The van der Waals surface area contributed by atoms with E-state index in [1.807, 2.05) is 37.3 Å². The Balaban J connectivity index is 2.04. The highest BCUT2D eigenvalue weighted by Crippen LogP contribution is 2.21. The number of likely N-dealkylation sites (tertiary alicyclic amines) is 1. The van der Waals surface area contributed by atoms with Crippen LogP contribution in [0.5, 0.6) is 0 Å². The number of amides is 2. The average Bonchev–Trinajstić information content (AvgIpc) is 2.92. The van der Waals surface area contributed by atoms with Crippen molar-refractivity contribution in [3.8, 4) is 0 Å². The number of hydrogen-bond acceptors (Lipinski definition) is 3. The molecule has 1 atom stereocenters. The fourth-order valence-electron chi connectivity index (χ4n) is 2.77. The third kappa shape index (κ3) is 4.07. The van der Waals surface area contributed by atoms with Gasteiger partial charge in [-0.1, -0.05) is 30.3 Å². The van der Waals surface area contributed by atoms with Gasteiger partial charge in [0.05, 0.1) is 12.5 Å². The van der Waals surface area contributed by atoms with Crippen LogP contribution >= 0.6 is 0 Å². The van der Waals surface area contributed by atoms with Crippen LogP contribution in [0, 0.1) is 5.92 Å². The van der Waals surface area contributed by atoms with Gasteiger partial charge in [-0.2, -0.15) is 0 Å². The number of nitrogens with zero attached hydrogens (tertiary/aromatic N) is 2. The summed E-state index contributed by atoms with van der Waals surface area (Å²) in [4.78, 5) is 28.2. The maximum Gasteiger partial charge on any atom is 0.228 e. The third-order valence-corrected chi connectivity index (χ3v) is 4.04. The molecule has 5 nitrogen and oxygen atoms in total. The van der Waals surface area contributed by atoms with Crippen LogP contribution in [0.15, 0.2) is 30.3 Å². The van der Waals surface area contributed by atoms with E-state index in [2.05, 4.69) is 0 Å². The molecule has 5 heteroatoms. The Morgan fingerprint density at radius 3 is 2.68 bits per heavy atom. The van der Waals surface area contributed by atoms with Crippen molar-refractivity contribution in [1.82, 2.24) is 9.80 Å². The first-order chi connectivity index (χ1) is 10.7. The number of carbonyl (C=O) groups excluding carboxylic acids is 2. The predicted molar refractivity (Wildman–Crippen MR) is 84.1 cm³/mol. The quantitative estimate of drug-likeness (QED) is 0.767. The molecule has 1 aliphatic rings. The zero-order valence-electron chi connectivity index (χ0n) is 13.3. The molecule has 1 aromatic carbocycles. The molecule has 0 unspecified atom stereocenters. The molecule has 1 aliphatic heterocycles. The van der Waals surface area contributed by atoms with Gasteiger partial charge < -0.3 is 14.5 Å². The van der Waals surface area contributed by atoms with E-state index in [1.165, 1.54) is 0 Å². The molecule has 1 fully saturated rings. The maximum absolute atomic E-state index is 12.8. The number of ether oxygens (including phenoxy) is 1. The number of carbonyl (C=O) groups is 2. The summed E-state index contributed by atoms with van der Waals surface area (Å²) < 4.78 is 5.12. The fraction of sp³-hybridized carbons (Fsp3) is 0.529. The summed E-state index contributed by atoms with van der Waals surface area (Å²) in [5, 5.41) is 0. The van der Waals surface area contributed by atoms with Gasteiger partial charge in [-0.05, 0) is 12.5 Å². The highest BCUT2D eigenvalue weighted by Gasteiger charge is 2.35. The van der Waals surface area contributed by atoms with Crippen LogP contribution < -0.4 is 0 Å². The summed E-state index contributed by atoms with van der Waals surface area (Å²) in [6.45, 7) is 4.74. The summed E-state index contributed by atoms with van der Waals surface area (Å²) in [5.41, 5.74) is 1.09. The first kappa shape index (κ1) is 16.5. The maximum atomic E-state index is 12.8. The van der Waals surface area contributed by atoms with Crippen LogP contribution in [-0.2, 0) is 20.9 Å². The molecule has 0 aliphatic carbocycles. The van der Waals surface area contributed by atoms with Crippen molar-refractivity contribution in [3.63, 3.8) is 0 Å².